The van der Waals surface area contributed by atoms with Crippen molar-refractivity contribution in [3.05, 3.63) is 36.7 Å². The number of nitrogens with zero attached hydrogens (tertiary/aromatic N) is 4. The van der Waals surface area contributed by atoms with E-state index in [2.05, 4.69) is 15.2 Å². The van der Waals surface area contributed by atoms with Crippen LogP contribution < -0.4 is 0 Å². The van der Waals surface area contributed by atoms with E-state index in [1.807, 2.05) is 24.0 Å². The number of amides is 1. The topological polar surface area (TPSA) is 66.8 Å². The molecule has 2 aromatic heterocycles. The van der Waals surface area contributed by atoms with Crippen LogP contribution in [0.25, 0.3) is 0 Å². The molecular weight excluding hydrogens is 242 g/mol. The monoisotopic (exact) mass is 261 g/mol. The molecule has 2 aromatic rings. The maximum Gasteiger partial charge on any atom is 0.222 e. The minimum absolute atomic E-state index is 0.184. The number of aromatic amines is 1. The van der Waals surface area contributed by atoms with E-state index in [1.165, 1.54) is 0 Å². The van der Waals surface area contributed by atoms with Crippen molar-refractivity contribution >= 4 is 5.91 Å². The molecule has 0 saturated carbocycles. The number of nitrogens with one attached hydrogen (secondary N) is 1. The van der Waals surface area contributed by atoms with E-state index in [0.29, 0.717) is 13.0 Å². The molecule has 1 amide bonds. The lowest BCUT2D eigenvalue weighted by Gasteiger charge is -2.17. The molecule has 1 N–H and O–H groups in total. The molecule has 0 spiro atoms. The fraction of sp³-hybridized carbons (Fsp3) is 0.462. The third kappa shape index (κ3) is 4.24. The summed E-state index contributed by atoms with van der Waals surface area (Å²) in [5.74, 6) is 0.184. The standard InChI is InChI=1S/C13H19N5O/c1-17(7-8-18-6-5-14-11-18)13(19)4-2-3-12-9-15-16-10-12/h5-6,9-11H,2-4,7-8H2,1H3,(H,15,16). The average Bonchev–Trinajstić information content (AvgIpc) is 3.08. The van der Waals surface area contributed by atoms with Crippen molar-refractivity contribution < 1.29 is 4.79 Å². The van der Waals surface area contributed by atoms with Crippen LogP contribution in [0.3, 0.4) is 0 Å². The van der Waals surface area contributed by atoms with Gasteiger partial charge < -0.3 is 9.47 Å². The molecule has 6 nitrogen and oxygen atoms in total. The number of carbonyl (C=O) groups is 1. The summed E-state index contributed by atoms with van der Waals surface area (Å²) in [7, 11) is 1.84. The van der Waals surface area contributed by atoms with Crippen LogP contribution in [0.4, 0.5) is 0 Å². The summed E-state index contributed by atoms with van der Waals surface area (Å²) in [6.07, 6.45) is 11.4. The van der Waals surface area contributed by atoms with Crippen molar-refractivity contribution in [3.8, 4) is 0 Å². The van der Waals surface area contributed by atoms with Gasteiger partial charge in [-0.05, 0) is 18.4 Å². The van der Waals surface area contributed by atoms with E-state index in [1.54, 1.807) is 23.6 Å². The molecule has 2 rings (SSSR count). The van der Waals surface area contributed by atoms with Crippen molar-refractivity contribution in [1.29, 1.82) is 0 Å². The van der Waals surface area contributed by atoms with Crippen molar-refractivity contribution in [2.75, 3.05) is 13.6 Å². The van der Waals surface area contributed by atoms with Gasteiger partial charge in [0.2, 0.25) is 5.91 Å². The molecular formula is C13H19N5O. The van der Waals surface area contributed by atoms with Crippen LogP contribution in [-0.4, -0.2) is 44.1 Å². The first-order chi connectivity index (χ1) is 9.25. The maximum atomic E-state index is 11.9. The molecule has 0 aliphatic carbocycles. The van der Waals surface area contributed by atoms with E-state index in [-0.39, 0.29) is 5.91 Å². The van der Waals surface area contributed by atoms with Gasteiger partial charge in [0, 0.05) is 45.1 Å². The molecule has 0 aromatic carbocycles. The van der Waals surface area contributed by atoms with Gasteiger partial charge in [0.15, 0.2) is 0 Å². The zero-order valence-corrected chi connectivity index (χ0v) is 11.1. The average molecular weight is 261 g/mol. The van der Waals surface area contributed by atoms with Crippen molar-refractivity contribution in [1.82, 2.24) is 24.6 Å². The summed E-state index contributed by atoms with van der Waals surface area (Å²) < 4.78 is 1.97. The van der Waals surface area contributed by atoms with Crippen LogP contribution in [0.1, 0.15) is 18.4 Å². The number of aryl methyl sites for hydroxylation is 1. The summed E-state index contributed by atoms with van der Waals surface area (Å²) >= 11 is 0. The van der Waals surface area contributed by atoms with Crippen LogP contribution in [0, 0.1) is 0 Å². The maximum absolute atomic E-state index is 11.9. The molecule has 102 valence electrons. The third-order valence-electron chi connectivity index (χ3n) is 3.09. The van der Waals surface area contributed by atoms with Crippen molar-refractivity contribution in [2.45, 2.75) is 25.8 Å². The van der Waals surface area contributed by atoms with E-state index >= 15 is 0 Å². The Morgan fingerprint density at radius 1 is 1.53 bits per heavy atom. The summed E-state index contributed by atoms with van der Waals surface area (Å²) in [6.45, 7) is 1.49. The van der Waals surface area contributed by atoms with Gasteiger partial charge in [-0.25, -0.2) is 4.98 Å². The third-order valence-corrected chi connectivity index (χ3v) is 3.09. The number of H-pyrrole nitrogens is 1. The predicted octanol–water partition coefficient (Wildman–Crippen LogP) is 1.09. The van der Waals surface area contributed by atoms with Gasteiger partial charge >= 0.3 is 0 Å². The van der Waals surface area contributed by atoms with Gasteiger partial charge in [0.1, 0.15) is 0 Å². The Bertz CT molecular complexity index is 477. The van der Waals surface area contributed by atoms with Crippen LogP contribution in [0.15, 0.2) is 31.1 Å². The molecule has 0 saturated heterocycles. The molecule has 0 aliphatic heterocycles. The van der Waals surface area contributed by atoms with Gasteiger partial charge in [-0.15, -0.1) is 0 Å². The first-order valence-corrected chi connectivity index (χ1v) is 6.43. The molecule has 0 bridgehead atoms. The van der Waals surface area contributed by atoms with Gasteiger partial charge in [-0.2, -0.15) is 5.10 Å². The molecule has 0 aliphatic rings. The largest absolute Gasteiger partial charge is 0.344 e. The molecule has 2 heterocycles. The highest BCUT2D eigenvalue weighted by Crippen LogP contribution is 2.04. The van der Waals surface area contributed by atoms with E-state index < -0.39 is 0 Å². The lowest BCUT2D eigenvalue weighted by molar-refractivity contribution is -0.130. The minimum Gasteiger partial charge on any atom is -0.344 e. The van der Waals surface area contributed by atoms with Crippen molar-refractivity contribution in [2.24, 2.45) is 0 Å². The molecule has 6 heteroatoms. The van der Waals surface area contributed by atoms with E-state index in [4.69, 9.17) is 0 Å². The highest BCUT2D eigenvalue weighted by molar-refractivity contribution is 5.75. The smallest absolute Gasteiger partial charge is 0.222 e. The van der Waals surface area contributed by atoms with Crippen LogP contribution in [0.5, 0.6) is 0 Å². The zero-order chi connectivity index (χ0) is 13.5. The van der Waals surface area contributed by atoms with E-state index in [9.17, 15) is 4.79 Å². The number of likely N-dealkylation sites (N-methyl/N-ethyl adjacent to an activating group) is 1. The van der Waals surface area contributed by atoms with Gasteiger partial charge in [0.05, 0.1) is 12.5 Å². The second kappa shape index (κ2) is 6.72. The number of hydrogen-bond donors (Lipinski definition) is 1. The van der Waals surface area contributed by atoms with Gasteiger partial charge in [-0.1, -0.05) is 0 Å². The second-order valence-corrected chi connectivity index (χ2v) is 4.58. The molecule has 19 heavy (non-hydrogen) atoms. The molecule has 0 unspecified atom stereocenters. The summed E-state index contributed by atoms with van der Waals surface area (Å²) in [6, 6.07) is 0. The van der Waals surface area contributed by atoms with Crippen LogP contribution >= 0.6 is 0 Å². The number of carbonyl (C=O) groups excluding carboxylic acids is 1. The summed E-state index contributed by atoms with van der Waals surface area (Å²) in [4.78, 5) is 17.7. The Kier molecular flexibility index (Phi) is 4.72. The first kappa shape index (κ1) is 13.3. The SMILES string of the molecule is CN(CCn1ccnc1)C(=O)CCCc1cn[nH]c1. The Hall–Kier alpha value is -2.11. The van der Waals surface area contributed by atoms with Crippen LogP contribution in [-0.2, 0) is 17.8 Å². The lowest BCUT2D eigenvalue weighted by atomic mass is 10.1. The molecule has 0 radical (unpaired) electrons. The minimum atomic E-state index is 0.184. The zero-order valence-electron chi connectivity index (χ0n) is 11.1. The number of aromatic nitrogens is 4. The predicted molar refractivity (Wildman–Crippen MR) is 71.4 cm³/mol. The quantitative estimate of drug-likeness (QED) is 0.811. The highest BCUT2D eigenvalue weighted by atomic mass is 16.2. The van der Waals surface area contributed by atoms with E-state index in [0.717, 1.165) is 24.9 Å². The Morgan fingerprint density at radius 3 is 3.11 bits per heavy atom. The Balaban J connectivity index is 1.64. The number of imidazole rings is 1. The fourth-order valence-electron chi connectivity index (χ4n) is 1.86. The molecule has 0 fully saturated rings. The summed E-state index contributed by atoms with van der Waals surface area (Å²) in [5.41, 5.74) is 1.15. The number of rotatable bonds is 7. The fourth-order valence-corrected chi connectivity index (χ4v) is 1.86. The lowest BCUT2D eigenvalue weighted by Crippen LogP contribution is -2.29. The van der Waals surface area contributed by atoms with Gasteiger partial charge in [-0.3, -0.25) is 9.89 Å². The first-order valence-electron chi connectivity index (χ1n) is 6.43. The van der Waals surface area contributed by atoms with Crippen molar-refractivity contribution in [3.63, 3.8) is 0 Å². The van der Waals surface area contributed by atoms with Gasteiger partial charge in [0.25, 0.3) is 0 Å². The Morgan fingerprint density at radius 2 is 2.42 bits per heavy atom. The van der Waals surface area contributed by atoms with Crippen LogP contribution in [0.2, 0.25) is 0 Å². The summed E-state index contributed by atoms with van der Waals surface area (Å²) in [5, 5.41) is 6.66. The second-order valence-electron chi connectivity index (χ2n) is 4.58. The normalized spacial score (nSPS) is 10.6. The molecule has 0 atom stereocenters. The Labute approximate surface area is 112 Å². The highest BCUT2D eigenvalue weighted by Gasteiger charge is 2.08. The number of hydrogen-bond acceptors (Lipinski definition) is 3.